The van der Waals surface area contributed by atoms with Crippen LogP contribution in [0.3, 0.4) is 0 Å². The number of thiazole rings is 1. The van der Waals surface area contributed by atoms with E-state index in [0.29, 0.717) is 0 Å². The highest BCUT2D eigenvalue weighted by Crippen LogP contribution is 2.41. The summed E-state index contributed by atoms with van der Waals surface area (Å²) < 4.78 is 14.4. The highest BCUT2D eigenvalue weighted by atomic mass is 32.1. The number of allylic oxidation sites excluding steroid dienone is 2. The van der Waals surface area contributed by atoms with E-state index >= 15 is 0 Å². The van der Waals surface area contributed by atoms with Gasteiger partial charge in [-0.25, -0.2) is 9.37 Å². The van der Waals surface area contributed by atoms with Crippen molar-refractivity contribution in [1.29, 1.82) is 0 Å². The Hall–Kier alpha value is -2.71. The van der Waals surface area contributed by atoms with Gasteiger partial charge in [0, 0.05) is 17.8 Å². The van der Waals surface area contributed by atoms with Gasteiger partial charge in [0.25, 0.3) is 5.91 Å². The van der Waals surface area contributed by atoms with Crippen molar-refractivity contribution >= 4 is 28.8 Å². The van der Waals surface area contributed by atoms with Gasteiger partial charge in [0.1, 0.15) is 0 Å². The van der Waals surface area contributed by atoms with Crippen molar-refractivity contribution in [3.8, 4) is 10.4 Å². The first-order valence-corrected chi connectivity index (χ1v) is 14.7. The van der Waals surface area contributed by atoms with E-state index in [1.807, 2.05) is 39.3 Å². The van der Waals surface area contributed by atoms with Crippen LogP contribution in [0.25, 0.3) is 10.4 Å². The van der Waals surface area contributed by atoms with Crippen LogP contribution in [0.15, 0.2) is 41.9 Å². The first kappa shape index (κ1) is 29.3. The summed E-state index contributed by atoms with van der Waals surface area (Å²) >= 11 is 1.60. The molecule has 2 aliphatic rings. The number of aromatic nitrogens is 1. The molecule has 1 aromatic carbocycles. The van der Waals surface area contributed by atoms with E-state index in [-0.39, 0.29) is 43.2 Å². The van der Waals surface area contributed by atoms with E-state index in [4.69, 9.17) is 0 Å². The number of ketones is 2. The Bertz CT molecular complexity index is 1240. The molecular weight excluding hydrogens is 515 g/mol. The smallest absolute Gasteiger partial charge is 0.258 e. The lowest BCUT2D eigenvalue weighted by atomic mass is 9.76. The first-order valence-electron chi connectivity index (χ1n) is 13.8. The molecule has 2 fully saturated rings. The largest absolute Gasteiger partial charge is 0.393 e. The van der Waals surface area contributed by atoms with Crippen LogP contribution in [0.5, 0.6) is 0 Å². The van der Waals surface area contributed by atoms with Gasteiger partial charge in [-0.15, -0.1) is 11.3 Å². The fourth-order valence-electron chi connectivity index (χ4n) is 5.44. The Balaban J connectivity index is 1.48. The van der Waals surface area contributed by atoms with Crippen LogP contribution in [0.1, 0.15) is 77.0 Å². The maximum absolute atomic E-state index is 14.4. The average Bonchev–Trinajstić information content (AvgIpc) is 3.30. The van der Waals surface area contributed by atoms with Crippen molar-refractivity contribution in [3.05, 3.63) is 53.2 Å². The van der Waals surface area contributed by atoms with Gasteiger partial charge in [0.05, 0.1) is 28.2 Å². The molecule has 210 valence electrons. The molecule has 1 aromatic heterocycles. The second-order valence-corrected chi connectivity index (χ2v) is 13.0. The third-order valence-electron chi connectivity index (χ3n) is 8.07. The lowest BCUT2D eigenvalue weighted by molar-refractivity contribution is -0.137. The van der Waals surface area contributed by atoms with Crippen LogP contribution in [0.4, 0.5) is 4.39 Å². The highest BCUT2D eigenvalue weighted by molar-refractivity contribution is 7.13. The molecular formula is C31H39FN2O4S. The van der Waals surface area contributed by atoms with Gasteiger partial charge >= 0.3 is 0 Å². The summed E-state index contributed by atoms with van der Waals surface area (Å²) in [7, 11) is 0. The molecule has 0 spiro atoms. The monoisotopic (exact) mass is 554 g/mol. The fraction of sp³-hybridized carbons (Fsp3) is 0.548. The van der Waals surface area contributed by atoms with E-state index < -0.39 is 41.0 Å². The molecule has 2 saturated carbocycles. The molecule has 5 atom stereocenters. The molecule has 0 aliphatic heterocycles. The molecule has 1 heterocycles. The molecule has 39 heavy (non-hydrogen) atoms. The van der Waals surface area contributed by atoms with E-state index in [9.17, 15) is 23.9 Å². The number of carbonyl (C=O) groups is 3. The van der Waals surface area contributed by atoms with Crippen molar-refractivity contribution < 1.29 is 23.9 Å². The normalized spacial score (nSPS) is 23.9. The highest BCUT2D eigenvalue weighted by Gasteiger charge is 2.53. The van der Waals surface area contributed by atoms with E-state index in [0.717, 1.165) is 28.1 Å². The number of rotatable bonds is 10. The molecule has 0 bridgehead atoms. The van der Waals surface area contributed by atoms with E-state index in [1.165, 1.54) is 0 Å². The molecule has 0 saturated heterocycles. The lowest BCUT2D eigenvalue weighted by Gasteiger charge is -2.33. The standard InChI is InChI=1S/C31H39FN2O4S/c1-6-19(20-7-9-21(10-8-20)27-18(2)33-17-39-27)11-12-25(36)23-15-22(35)16-24(23)26(37)28(30(3,4)5)34-29(38)31(32)13-14-31/h7-12,17,19,22-24,28,35H,6,13-16H2,1-5H3,(H,34,38)/b12-11+/t19-,22-,23?,24?,28-/m1/s1. The summed E-state index contributed by atoms with van der Waals surface area (Å²) in [5.41, 5.74) is 2.45. The Morgan fingerprint density at radius 2 is 1.82 bits per heavy atom. The van der Waals surface area contributed by atoms with Gasteiger partial charge in [-0.2, -0.15) is 0 Å². The Morgan fingerprint density at radius 3 is 2.36 bits per heavy atom. The first-order chi connectivity index (χ1) is 18.3. The number of Topliss-reactive ketones (excluding diaryl/α,β-unsaturated/α-hetero) is 1. The van der Waals surface area contributed by atoms with Crippen LogP contribution in [-0.2, 0) is 14.4 Å². The Kier molecular flexibility index (Phi) is 8.57. The topological polar surface area (TPSA) is 96.4 Å². The minimum absolute atomic E-state index is 0.0203. The third-order valence-corrected chi connectivity index (χ3v) is 9.05. The maximum Gasteiger partial charge on any atom is 0.258 e. The molecule has 4 rings (SSSR count). The molecule has 2 unspecified atom stereocenters. The number of halogens is 1. The van der Waals surface area contributed by atoms with Gasteiger partial charge in [0.15, 0.2) is 17.2 Å². The van der Waals surface area contributed by atoms with Gasteiger partial charge in [0.2, 0.25) is 0 Å². The summed E-state index contributed by atoms with van der Waals surface area (Å²) in [4.78, 5) is 45.0. The number of nitrogens with zero attached hydrogens (tertiary/aromatic N) is 1. The minimum Gasteiger partial charge on any atom is -0.393 e. The molecule has 6 nitrogen and oxygen atoms in total. The number of alkyl halides is 1. The Morgan fingerprint density at radius 1 is 1.18 bits per heavy atom. The van der Waals surface area contributed by atoms with Gasteiger partial charge in [-0.05, 0) is 61.6 Å². The summed E-state index contributed by atoms with van der Waals surface area (Å²) in [6, 6.07) is 7.33. The molecule has 2 N–H and O–H groups in total. The van der Waals surface area contributed by atoms with Gasteiger partial charge < -0.3 is 10.4 Å². The summed E-state index contributed by atoms with van der Waals surface area (Å²) in [6.45, 7) is 9.47. The fourth-order valence-corrected chi connectivity index (χ4v) is 6.26. The third kappa shape index (κ3) is 6.55. The molecule has 2 aromatic rings. The number of hydrogen-bond donors (Lipinski definition) is 2. The van der Waals surface area contributed by atoms with Gasteiger partial charge in [-0.3, -0.25) is 14.4 Å². The number of nitrogens with one attached hydrogen (secondary N) is 1. The quantitative estimate of drug-likeness (QED) is 0.366. The van der Waals surface area contributed by atoms with Crippen molar-refractivity contribution in [2.24, 2.45) is 17.3 Å². The summed E-state index contributed by atoms with van der Waals surface area (Å²) in [6.07, 6.45) is 4.10. The average molecular weight is 555 g/mol. The van der Waals surface area contributed by atoms with Crippen LogP contribution >= 0.6 is 11.3 Å². The van der Waals surface area contributed by atoms with Crippen molar-refractivity contribution in [1.82, 2.24) is 10.3 Å². The molecule has 1 amide bonds. The predicted molar refractivity (Wildman–Crippen MR) is 151 cm³/mol. The number of carbonyl (C=O) groups excluding carboxylic acids is 3. The molecule has 2 aliphatic carbocycles. The molecule has 8 heteroatoms. The van der Waals surface area contributed by atoms with Crippen LogP contribution in [0.2, 0.25) is 0 Å². The lowest BCUT2D eigenvalue weighted by Crippen LogP contribution is -2.54. The van der Waals surface area contributed by atoms with Crippen molar-refractivity contribution in [3.63, 3.8) is 0 Å². The zero-order chi connectivity index (χ0) is 28.5. The summed E-state index contributed by atoms with van der Waals surface area (Å²) in [5.74, 6) is -2.68. The van der Waals surface area contributed by atoms with Crippen LogP contribution in [-0.4, -0.2) is 45.4 Å². The number of hydrogen-bond acceptors (Lipinski definition) is 6. The number of amides is 1. The maximum atomic E-state index is 14.4. The second kappa shape index (κ2) is 11.4. The SMILES string of the molecule is CC[C@H](/C=C/C(=O)C1C[C@@H](O)CC1C(=O)[C@@H](NC(=O)C1(F)CC1)C(C)(C)C)c1ccc(-c2scnc2C)cc1. The summed E-state index contributed by atoms with van der Waals surface area (Å²) in [5, 5.41) is 13.1. The predicted octanol–water partition coefficient (Wildman–Crippen LogP) is 5.73. The van der Waals surface area contributed by atoms with E-state index in [1.54, 1.807) is 17.4 Å². The minimum atomic E-state index is -1.90. The van der Waals surface area contributed by atoms with Crippen molar-refractivity contribution in [2.75, 3.05) is 0 Å². The van der Waals surface area contributed by atoms with Crippen LogP contribution < -0.4 is 5.32 Å². The number of aliphatic hydroxyl groups excluding tert-OH is 1. The van der Waals surface area contributed by atoms with E-state index in [2.05, 4.69) is 41.5 Å². The second-order valence-electron chi connectivity index (χ2n) is 12.1. The van der Waals surface area contributed by atoms with Crippen LogP contribution in [0, 0.1) is 24.2 Å². The number of aryl methyl sites for hydroxylation is 1. The zero-order valence-electron chi connectivity index (χ0n) is 23.4. The number of aliphatic hydroxyl groups is 1. The zero-order valence-corrected chi connectivity index (χ0v) is 24.2. The van der Waals surface area contributed by atoms with Crippen molar-refractivity contribution in [2.45, 2.75) is 90.5 Å². The molecule has 0 radical (unpaired) electrons. The van der Waals surface area contributed by atoms with Gasteiger partial charge in [-0.1, -0.05) is 58.0 Å². The Labute approximate surface area is 234 Å². The number of benzene rings is 1.